The number of aromatic nitrogens is 3. The third-order valence-electron chi connectivity index (χ3n) is 3.35. The van der Waals surface area contributed by atoms with Crippen LogP contribution in [0.15, 0.2) is 39.0 Å². The zero-order valence-electron chi connectivity index (χ0n) is 14.0. The number of anilines is 1. The average molecular weight is 374 g/mol. The lowest BCUT2D eigenvalue weighted by Crippen LogP contribution is -2.11. The molecule has 0 atom stereocenters. The van der Waals surface area contributed by atoms with Gasteiger partial charge in [0.05, 0.1) is 5.01 Å². The zero-order chi connectivity index (χ0) is 17.6. The Morgan fingerprint density at radius 2 is 2.04 bits per heavy atom. The van der Waals surface area contributed by atoms with E-state index < -0.39 is 0 Å². The van der Waals surface area contributed by atoms with E-state index in [1.807, 2.05) is 12.3 Å². The molecule has 2 aromatic heterocycles. The van der Waals surface area contributed by atoms with Crippen molar-refractivity contribution in [2.24, 2.45) is 0 Å². The number of nitrogens with one attached hydrogen (secondary N) is 1. The SMILES string of the molecule is Cc1ccc(SCCCC(=O)Nc2nnc(-c3csc(C)n3)o2)cc1. The van der Waals surface area contributed by atoms with Crippen LogP contribution in [0.4, 0.5) is 6.01 Å². The predicted octanol–water partition coefficient (Wildman–Crippen LogP) is 4.32. The van der Waals surface area contributed by atoms with Crippen LogP contribution in [0.5, 0.6) is 0 Å². The first-order chi connectivity index (χ1) is 12.1. The van der Waals surface area contributed by atoms with Gasteiger partial charge >= 0.3 is 6.01 Å². The molecule has 2 heterocycles. The molecule has 0 fully saturated rings. The monoisotopic (exact) mass is 374 g/mol. The highest BCUT2D eigenvalue weighted by molar-refractivity contribution is 7.99. The summed E-state index contributed by atoms with van der Waals surface area (Å²) in [6.07, 6.45) is 1.18. The Morgan fingerprint density at radius 3 is 2.76 bits per heavy atom. The third kappa shape index (κ3) is 5.14. The molecule has 0 unspecified atom stereocenters. The fourth-order valence-corrected chi connectivity index (χ4v) is 3.52. The highest BCUT2D eigenvalue weighted by atomic mass is 32.2. The van der Waals surface area contributed by atoms with E-state index in [1.165, 1.54) is 21.8 Å². The molecule has 1 amide bonds. The Labute approximate surface area is 154 Å². The third-order valence-corrected chi connectivity index (χ3v) is 5.22. The standard InChI is InChI=1S/C17H18N4O2S2/c1-11-5-7-13(8-6-11)24-9-3-4-15(22)19-17-21-20-16(23-17)14-10-25-12(2)18-14/h5-8,10H,3-4,9H2,1-2H3,(H,19,21,22). The topological polar surface area (TPSA) is 80.9 Å². The molecule has 0 aliphatic rings. The molecule has 8 heteroatoms. The Morgan fingerprint density at radius 1 is 1.24 bits per heavy atom. The maximum absolute atomic E-state index is 12.0. The number of carbonyl (C=O) groups excluding carboxylic acids is 1. The van der Waals surface area contributed by atoms with E-state index >= 15 is 0 Å². The van der Waals surface area contributed by atoms with Crippen LogP contribution in [0, 0.1) is 13.8 Å². The van der Waals surface area contributed by atoms with E-state index in [9.17, 15) is 4.79 Å². The molecular formula is C17H18N4O2S2. The molecule has 6 nitrogen and oxygen atoms in total. The second kappa shape index (κ2) is 8.26. The molecule has 130 valence electrons. The van der Waals surface area contributed by atoms with E-state index in [2.05, 4.69) is 51.7 Å². The first kappa shape index (κ1) is 17.6. The van der Waals surface area contributed by atoms with Gasteiger partial charge in [-0.25, -0.2) is 4.98 Å². The van der Waals surface area contributed by atoms with Gasteiger partial charge in [0.2, 0.25) is 5.91 Å². The Bertz CT molecular complexity index is 842. The summed E-state index contributed by atoms with van der Waals surface area (Å²) >= 11 is 3.25. The smallest absolute Gasteiger partial charge is 0.322 e. The van der Waals surface area contributed by atoms with E-state index in [0.717, 1.165) is 17.2 Å². The number of hydrogen-bond acceptors (Lipinski definition) is 7. The van der Waals surface area contributed by atoms with Gasteiger partial charge in [-0.1, -0.05) is 22.8 Å². The minimum Gasteiger partial charge on any atom is -0.401 e. The molecule has 3 aromatic rings. The van der Waals surface area contributed by atoms with Crippen LogP contribution in [0.1, 0.15) is 23.4 Å². The summed E-state index contributed by atoms with van der Waals surface area (Å²) in [5.41, 5.74) is 1.88. The van der Waals surface area contributed by atoms with Crippen LogP contribution in [0.25, 0.3) is 11.6 Å². The van der Waals surface area contributed by atoms with Gasteiger partial charge in [0.25, 0.3) is 5.89 Å². The van der Waals surface area contributed by atoms with Crippen molar-refractivity contribution in [3.8, 4) is 11.6 Å². The lowest BCUT2D eigenvalue weighted by Gasteiger charge is -2.02. The number of hydrogen-bond donors (Lipinski definition) is 1. The van der Waals surface area contributed by atoms with Gasteiger partial charge in [-0.2, -0.15) is 0 Å². The van der Waals surface area contributed by atoms with Crippen molar-refractivity contribution < 1.29 is 9.21 Å². The van der Waals surface area contributed by atoms with Crippen molar-refractivity contribution in [2.75, 3.05) is 11.1 Å². The van der Waals surface area contributed by atoms with Crippen LogP contribution < -0.4 is 5.32 Å². The maximum atomic E-state index is 12.0. The lowest BCUT2D eigenvalue weighted by molar-refractivity contribution is -0.116. The number of aryl methyl sites for hydroxylation is 2. The minimum absolute atomic E-state index is 0.108. The largest absolute Gasteiger partial charge is 0.401 e. The molecular weight excluding hydrogens is 356 g/mol. The summed E-state index contributed by atoms with van der Waals surface area (Å²) in [5.74, 6) is 1.06. The van der Waals surface area contributed by atoms with Gasteiger partial charge in [-0.15, -0.1) is 28.2 Å². The first-order valence-electron chi connectivity index (χ1n) is 7.85. The second-order valence-corrected chi connectivity index (χ2v) is 7.71. The summed E-state index contributed by atoms with van der Waals surface area (Å²) in [6.45, 7) is 3.97. The molecule has 25 heavy (non-hydrogen) atoms. The number of benzene rings is 1. The summed E-state index contributed by atoms with van der Waals surface area (Å²) in [4.78, 5) is 17.4. The normalized spacial score (nSPS) is 10.8. The lowest BCUT2D eigenvalue weighted by atomic mass is 10.2. The molecule has 0 spiro atoms. The van der Waals surface area contributed by atoms with E-state index in [4.69, 9.17) is 4.42 Å². The second-order valence-electron chi connectivity index (χ2n) is 5.48. The van der Waals surface area contributed by atoms with Crippen LogP contribution in [-0.4, -0.2) is 26.8 Å². The summed E-state index contributed by atoms with van der Waals surface area (Å²) in [7, 11) is 0. The van der Waals surface area contributed by atoms with Crippen molar-refractivity contribution >= 4 is 35.0 Å². The van der Waals surface area contributed by atoms with Crippen molar-refractivity contribution in [2.45, 2.75) is 31.6 Å². The Kier molecular flexibility index (Phi) is 5.83. The van der Waals surface area contributed by atoms with Crippen molar-refractivity contribution in [1.29, 1.82) is 0 Å². The fraction of sp³-hybridized carbons (Fsp3) is 0.294. The van der Waals surface area contributed by atoms with Crippen molar-refractivity contribution in [3.05, 3.63) is 40.2 Å². The molecule has 1 aromatic carbocycles. The highest BCUT2D eigenvalue weighted by Crippen LogP contribution is 2.22. The van der Waals surface area contributed by atoms with Gasteiger partial charge in [-0.05, 0) is 38.2 Å². The van der Waals surface area contributed by atoms with Gasteiger partial charge in [0.1, 0.15) is 5.69 Å². The quantitative estimate of drug-likeness (QED) is 0.490. The van der Waals surface area contributed by atoms with Crippen molar-refractivity contribution in [1.82, 2.24) is 15.2 Å². The Hall–Kier alpha value is -2.19. The molecule has 0 aliphatic carbocycles. The van der Waals surface area contributed by atoms with Crippen molar-refractivity contribution in [3.63, 3.8) is 0 Å². The van der Waals surface area contributed by atoms with E-state index in [0.29, 0.717) is 18.0 Å². The van der Waals surface area contributed by atoms with Gasteiger partial charge < -0.3 is 4.42 Å². The minimum atomic E-state index is -0.130. The molecule has 1 N–H and O–H groups in total. The summed E-state index contributed by atoms with van der Waals surface area (Å²) in [5, 5.41) is 13.1. The van der Waals surface area contributed by atoms with Crippen LogP contribution in [0.2, 0.25) is 0 Å². The van der Waals surface area contributed by atoms with Crippen LogP contribution in [-0.2, 0) is 4.79 Å². The number of rotatable bonds is 7. The number of thiazole rings is 1. The molecule has 0 aliphatic heterocycles. The average Bonchev–Trinajstić information content (AvgIpc) is 3.22. The Balaban J connectivity index is 1.42. The number of nitrogens with zero attached hydrogens (tertiary/aromatic N) is 3. The molecule has 3 rings (SSSR count). The predicted molar refractivity (Wildman–Crippen MR) is 99.9 cm³/mol. The molecule has 0 bridgehead atoms. The maximum Gasteiger partial charge on any atom is 0.322 e. The molecule has 0 saturated heterocycles. The number of amides is 1. The van der Waals surface area contributed by atoms with Crippen LogP contribution >= 0.6 is 23.1 Å². The first-order valence-corrected chi connectivity index (χ1v) is 9.72. The highest BCUT2D eigenvalue weighted by Gasteiger charge is 2.13. The molecule has 0 saturated carbocycles. The number of thioether (sulfide) groups is 1. The van der Waals surface area contributed by atoms with Crippen LogP contribution in [0.3, 0.4) is 0 Å². The van der Waals surface area contributed by atoms with Gasteiger partial charge in [0, 0.05) is 16.7 Å². The summed E-state index contributed by atoms with van der Waals surface area (Å²) < 4.78 is 5.43. The zero-order valence-corrected chi connectivity index (χ0v) is 15.6. The van der Waals surface area contributed by atoms with E-state index in [1.54, 1.807) is 11.8 Å². The fourth-order valence-electron chi connectivity index (χ4n) is 2.08. The van der Waals surface area contributed by atoms with Gasteiger partial charge in [-0.3, -0.25) is 10.1 Å². The number of carbonyl (C=O) groups is 1. The van der Waals surface area contributed by atoms with E-state index in [-0.39, 0.29) is 11.9 Å². The van der Waals surface area contributed by atoms with Gasteiger partial charge in [0.15, 0.2) is 0 Å². The molecule has 0 radical (unpaired) electrons. The summed E-state index contributed by atoms with van der Waals surface area (Å²) in [6, 6.07) is 8.48.